The summed E-state index contributed by atoms with van der Waals surface area (Å²) < 4.78 is 28.8. The topological polar surface area (TPSA) is 87.7 Å². The van der Waals surface area contributed by atoms with E-state index in [2.05, 4.69) is 19.9 Å². The average molecular weight is 471 g/mol. The number of hydrogen-bond donors (Lipinski definition) is 2. The second-order valence-electron chi connectivity index (χ2n) is 6.98. The highest BCUT2D eigenvalue weighted by Crippen LogP contribution is 2.26. The molecule has 1 atom stereocenters. The Kier molecular flexibility index (Phi) is 6.86. The molecule has 9 heteroatoms. The minimum Gasteiger partial charge on any atom is -0.257 e. The van der Waals surface area contributed by atoms with Crippen molar-refractivity contribution >= 4 is 33.1 Å². The van der Waals surface area contributed by atoms with Gasteiger partial charge < -0.3 is 0 Å². The molecule has 0 aliphatic carbocycles. The van der Waals surface area contributed by atoms with Crippen LogP contribution in [0, 0.1) is 6.92 Å². The quantitative estimate of drug-likeness (QED) is 0.335. The fourth-order valence-corrected chi connectivity index (χ4v) is 5.78. The molecule has 0 aliphatic heterocycles. The van der Waals surface area contributed by atoms with Crippen LogP contribution in [0.3, 0.4) is 0 Å². The van der Waals surface area contributed by atoms with E-state index in [4.69, 9.17) is 0 Å². The Bertz CT molecular complexity index is 1210. The third-order valence-electron chi connectivity index (χ3n) is 4.69. The van der Waals surface area contributed by atoms with Gasteiger partial charge in [-0.25, -0.2) is 18.1 Å². The van der Waals surface area contributed by atoms with Crippen LogP contribution in [0.2, 0.25) is 0 Å². The molecule has 0 saturated heterocycles. The maximum absolute atomic E-state index is 12.9. The first-order valence-electron chi connectivity index (χ1n) is 9.74. The molecule has 0 radical (unpaired) electrons. The van der Waals surface area contributed by atoms with Crippen molar-refractivity contribution in [2.24, 2.45) is 0 Å². The number of sulfonamides is 1. The van der Waals surface area contributed by atoms with Crippen molar-refractivity contribution in [1.82, 2.24) is 19.9 Å². The number of H-pyrrole nitrogens is 1. The normalized spacial score (nSPS) is 12.7. The fourth-order valence-electron chi connectivity index (χ4n) is 3.05. The molecule has 0 fully saturated rings. The van der Waals surface area contributed by atoms with Crippen LogP contribution < -0.4 is 4.72 Å². The van der Waals surface area contributed by atoms with Crippen LogP contribution in [0.1, 0.15) is 23.6 Å². The summed E-state index contributed by atoms with van der Waals surface area (Å²) in [5.41, 5.74) is 1.94. The molecular weight excluding hydrogens is 448 g/mol. The van der Waals surface area contributed by atoms with Crippen LogP contribution in [0.5, 0.6) is 0 Å². The molecule has 0 saturated carbocycles. The van der Waals surface area contributed by atoms with Crippen molar-refractivity contribution in [1.29, 1.82) is 0 Å². The summed E-state index contributed by atoms with van der Waals surface area (Å²) in [6.45, 7) is 1.93. The van der Waals surface area contributed by atoms with E-state index in [0.29, 0.717) is 17.3 Å². The molecule has 4 aromatic rings. The Balaban J connectivity index is 1.45. The summed E-state index contributed by atoms with van der Waals surface area (Å²) in [6.07, 6.45) is 0.600. The van der Waals surface area contributed by atoms with Gasteiger partial charge in [-0.1, -0.05) is 65.9 Å². The Morgan fingerprint density at radius 2 is 1.84 bits per heavy atom. The predicted octanol–water partition coefficient (Wildman–Crippen LogP) is 5.04. The van der Waals surface area contributed by atoms with Gasteiger partial charge in [-0.3, -0.25) is 5.10 Å². The molecule has 2 aromatic carbocycles. The van der Waals surface area contributed by atoms with Crippen molar-refractivity contribution in [2.45, 2.75) is 29.4 Å². The molecule has 2 N–H and O–H groups in total. The first-order valence-corrected chi connectivity index (χ1v) is 13.1. The fraction of sp³-hybridized carbons (Fsp3) is 0.182. The summed E-state index contributed by atoms with van der Waals surface area (Å²) >= 11 is 3.10. The second-order valence-corrected chi connectivity index (χ2v) is 10.7. The maximum Gasteiger partial charge on any atom is 0.241 e. The molecule has 1 unspecified atom stereocenters. The standard InChI is InChI=1S/C22H22N4O2S3/c1-16-9-11-18(12-10-16)31(27,28)26-19(17-6-3-2-4-7-17)13-15-30-22-23-21(24-25-22)20-8-5-14-29-20/h2-12,14,19,26H,13,15H2,1H3,(H,23,24,25). The summed E-state index contributed by atoms with van der Waals surface area (Å²) in [7, 11) is -3.64. The van der Waals surface area contributed by atoms with E-state index < -0.39 is 10.0 Å². The van der Waals surface area contributed by atoms with Crippen molar-refractivity contribution in [3.8, 4) is 10.7 Å². The molecule has 0 aliphatic rings. The average Bonchev–Trinajstić information content (AvgIpc) is 3.46. The molecule has 31 heavy (non-hydrogen) atoms. The zero-order chi connectivity index (χ0) is 21.7. The Morgan fingerprint density at radius 3 is 2.55 bits per heavy atom. The van der Waals surface area contributed by atoms with Crippen LogP contribution in [0.4, 0.5) is 0 Å². The third-order valence-corrected chi connectivity index (χ3v) is 7.93. The van der Waals surface area contributed by atoms with Gasteiger partial charge in [0.1, 0.15) is 0 Å². The Labute approximate surface area is 190 Å². The van der Waals surface area contributed by atoms with Crippen LogP contribution >= 0.6 is 23.1 Å². The molecular formula is C22H22N4O2S3. The smallest absolute Gasteiger partial charge is 0.241 e. The number of thioether (sulfide) groups is 1. The summed E-state index contributed by atoms with van der Waals surface area (Å²) in [5.74, 6) is 1.41. The third kappa shape index (κ3) is 5.62. The largest absolute Gasteiger partial charge is 0.257 e. The second kappa shape index (κ2) is 9.78. The minimum atomic E-state index is -3.64. The lowest BCUT2D eigenvalue weighted by atomic mass is 10.1. The highest BCUT2D eigenvalue weighted by atomic mass is 32.2. The van der Waals surface area contributed by atoms with E-state index in [1.807, 2.05) is 54.8 Å². The highest BCUT2D eigenvalue weighted by molar-refractivity contribution is 7.99. The van der Waals surface area contributed by atoms with E-state index in [9.17, 15) is 8.42 Å². The molecule has 2 aromatic heterocycles. The van der Waals surface area contributed by atoms with Gasteiger partial charge in [-0.15, -0.1) is 16.4 Å². The first-order chi connectivity index (χ1) is 15.0. The van der Waals surface area contributed by atoms with Crippen LogP contribution in [0.25, 0.3) is 10.7 Å². The zero-order valence-electron chi connectivity index (χ0n) is 16.9. The SMILES string of the molecule is Cc1ccc(S(=O)(=O)NC(CCSc2n[nH]c(-c3cccs3)n2)c2ccccc2)cc1. The predicted molar refractivity (Wildman–Crippen MR) is 126 cm³/mol. The summed E-state index contributed by atoms with van der Waals surface area (Å²) in [4.78, 5) is 5.82. The molecule has 0 bridgehead atoms. The Morgan fingerprint density at radius 1 is 1.06 bits per heavy atom. The lowest BCUT2D eigenvalue weighted by Crippen LogP contribution is -2.29. The van der Waals surface area contributed by atoms with Crippen LogP contribution in [0.15, 0.2) is 82.2 Å². The number of rotatable bonds is 9. The summed E-state index contributed by atoms with van der Waals surface area (Å²) in [5, 5.41) is 9.87. The molecule has 2 heterocycles. The van der Waals surface area contributed by atoms with E-state index in [0.717, 1.165) is 21.8 Å². The number of aryl methyl sites for hydroxylation is 1. The van der Waals surface area contributed by atoms with Crippen LogP contribution in [-0.2, 0) is 10.0 Å². The van der Waals surface area contributed by atoms with E-state index in [1.165, 1.54) is 11.8 Å². The van der Waals surface area contributed by atoms with Crippen molar-refractivity contribution in [2.75, 3.05) is 5.75 Å². The van der Waals surface area contributed by atoms with Gasteiger partial charge in [0.2, 0.25) is 15.2 Å². The van der Waals surface area contributed by atoms with E-state index in [-0.39, 0.29) is 10.9 Å². The maximum atomic E-state index is 12.9. The van der Waals surface area contributed by atoms with Gasteiger partial charge >= 0.3 is 0 Å². The van der Waals surface area contributed by atoms with Gasteiger partial charge in [-0.2, -0.15) is 0 Å². The van der Waals surface area contributed by atoms with Crippen LogP contribution in [-0.4, -0.2) is 29.4 Å². The summed E-state index contributed by atoms with van der Waals surface area (Å²) in [6, 6.07) is 20.1. The van der Waals surface area contributed by atoms with E-state index >= 15 is 0 Å². The number of benzene rings is 2. The Hall–Kier alpha value is -2.46. The van der Waals surface area contributed by atoms with Gasteiger partial charge in [0, 0.05) is 11.8 Å². The van der Waals surface area contributed by atoms with E-state index in [1.54, 1.807) is 35.6 Å². The first kappa shape index (κ1) is 21.8. The minimum absolute atomic E-state index is 0.265. The molecule has 6 nitrogen and oxygen atoms in total. The number of thiophene rings is 1. The molecule has 0 amide bonds. The molecule has 0 spiro atoms. The lowest BCUT2D eigenvalue weighted by Gasteiger charge is -2.19. The monoisotopic (exact) mass is 470 g/mol. The number of nitrogens with zero attached hydrogens (tertiary/aromatic N) is 2. The number of hydrogen-bond acceptors (Lipinski definition) is 6. The molecule has 160 valence electrons. The van der Waals surface area contributed by atoms with Gasteiger partial charge in [0.15, 0.2) is 5.82 Å². The zero-order valence-corrected chi connectivity index (χ0v) is 19.3. The number of nitrogens with one attached hydrogen (secondary N) is 2. The number of aromatic amines is 1. The van der Waals surface area contributed by atoms with Gasteiger partial charge in [0.05, 0.1) is 9.77 Å². The number of aromatic nitrogens is 3. The lowest BCUT2D eigenvalue weighted by molar-refractivity contribution is 0.551. The molecule has 4 rings (SSSR count). The van der Waals surface area contributed by atoms with Crippen molar-refractivity contribution in [3.63, 3.8) is 0 Å². The van der Waals surface area contributed by atoms with Gasteiger partial charge in [0.25, 0.3) is 0 Å². The van der Waals surface area contributed by atoms with Crippen molar-refractivity contribution in [3.05, 3.63) is 83.2 Å². The highest BCUT2D eigenvalue weighted by Gasteiger charge is 2.21. The van der Waals surface area contributed by atoms with Gasteiger partial charge in [-0.05, 0) is 42.5 Å². The van der Waals surface area contributed by atoms with Crippen molar-refractivity contribution < 1.29 is 8.42 Å².